The van der Waals surface area contributed by atoms with Crippen LogP contribution in [0, 0.1) is 0 Å². The van der Waals surface area contributed by atoms with Crippen LogP contribution < -0.4 is 10.6 Å². The first-order chi connectivity index (χ1) is 15.5. The van der Waals surface area contributed by atoms with Crippen LogP contribution in [0.1, 0.15) is 52.0 Å². The lowest BCUT2D eigenvalue weighted by molar-refractivity contribution is -0.136. The Hall–Kier alpha value is -2.62. The third-order valence-corrected chi connectivity index (χ3v) is 7.05. The molecule has 32 heavy (non-hydrogen) atoms. The summed E-state index contributed by atoms with van der Waals surface area (Å²) in [6.07, 6.45) is 2.79. The molecule has 2 N–H and O–H groups in total. The zero-order valence-electron chi connectivity index (χ0n) is 18.1. The molecule has 2 atom stereocenters. The average molecular weight is 440 g/mol. The van der Waals surface area contributed by atoms with Crippen LogP contribution >= 0.6 is 0 Å². The molecule has 1 unspecified atom stereocenters. The first kappa shape index (κ1) is 21.2. The molecule has 1 aromatic rings. The molecule has 0 aromatic heterocycles. The first-order valence-electron chi connectivity index (χ1n) is 11.5. The van der Waals surface area contributed by atoms with Crippen LogP contribution in [0.4, 0.5) is 0 Å². The summed E-state index contributed by atoms with van der Waals surface area (Å²) in [7, 11) is 0. The summed E-state index contributed by atoms with van der Waals surface area (Å²) in [6, 6.07) is 5.01. The fourth-order valence-electron chi connectivity index (χ4n) is 5.31. The molecule has 4 aliphatic rings. The molecule has 4 aliphatic heterocycles. The Balaban J connectivity index is 1.26. The molecule has 0 aliphatic carbocycles. The van der Waals surface area contributed by atoms with Gasteiger partial charge in [-0.2, -0.15) is 0 Å². The Morgan fingerprint density at radius 2 is 1.72 bits per heavy atom. The van der Waals surface area contributed by atoms with Crippen LogP contribution in [-0.4, -0.2) is 89.7 Å². The van der Waals surface area contributed by atoms with Gasteiger partial charge < -0.3 is 5.32 Å². The van der Waals surface area contributed by atoms with Crippen molar-refractivity contribution in [1.82, 2.24) is 25.3 Å². The number of carbonyl (C=O) groups excluding carboxylic acids is 4. The van der Waals surface area contributed by atoms with E-state index in [1.54, 1.807) is 12.1 Å². The molecular weight excluding hydrogens is 410 g/mol. The van der Waals surface area contributed by atoms with E-state index in [0.717, 1.165) is 49.7 Å². The zero-order valence-corrected chi connectivity index (χ0v) is 18.1. The Labute approximate surface area is 187 Å². The third-order valence-electron chi connectivity index (χ3n) is 7.05. The number of hydrogen-bond donors (Lipinski definition) is 2. The van der Waals surface area contributed by atoms with Crippen molar-refractivity contribution in [3.63, 3.8) is 0 Å². The van der Waals surface area contributed by atoms with Crippen molar-refractivity contribution in [2.75, 3.05) is 39.3 Å². The van der Waals surface area contributed by atoms with Crippen molar-refractivity contribution in [1.29, 1.82) is 0 Å². The van der Waals surface area contributed by atoms with Crippen LogP contribution in [0.3, 0.4) is 0 Å². The van der Waals surface area contributed by atoms with Crippen molar-refractivity contribution in [2.24, 2.45) is 0 Å². The number of piperazine rings is 1. The normalized spacial score (nSPS) is 27.2. The molecule has 9 nitrogen and oxygen atoms in total. The maximum absolute atomic E-state index is 13.2. The first-order valence-corrected chi connectivity index (χ1v) is 11.5. The second kappa shape index (κ2) is 8.73. The van der Waals surface area contributed by atoms with Crippen molar-refractivity contribution < 1.29 is 19.2 Å². The lowest BCUT2D eigenvalue weighted by Gasteiger charge is -2.36. The molecular formula is C23H29N5O4. The van der Waals surface area contributed by atoms with Crippen LogP contribution in [0.2, 0.25) is 0 Å². The smallest absolute Gasteiger partial charge is 0.262 e. The molecule has 1 aromatic carbocycles. The minimum absolute atomic E-state index is 0.122. The second-order valence-corrected chi connectivity index (χ2v) is 9.16. The quantitative estimate of drug-likeness (QED) is 0.621. The van der Waals surface area contributed by atoms with E-state index in [1.165, 1.54) is 12.8 Å². The number of nitrogens with zero attached hydrogens (tertiary/aromatic N) is 3. The van der Waals surface area contributed by atoms with E-state index in [2.05, 4.69) is 20.4 Å². The van der Waals surface area contributed by atoms with Crippen LogP contribution in [0.15, 0.2) is 18.2 Å². The molecule has 3 saturated heterocycles. The number of nitrogens with one attached hydrogen (secondary N) is 2. The lowest BCUT2D eigenvalue weighted by atomic mass is 10.0. The van der Waals surface area contributed by atoms with Gasteiger partial charge in [-0.25, -0.2) is 0 Å². The molecule has 0 saturated carbocycles. The highest BCUT2D eigenvalue weighted by Crippen LogP contribution is 2.30. The number of rotatable bonds is 5. The Morgan fingerprint density at radius 1 is 0.938 bits per heavy atom. The molecule has 0 radical (unpaired) electrons. The summed E-state index contributed by atoms with van der Waals surface area (Å²) in [4.78, 5) is 55.9. The Morgan fingerprint density at radius 3 is 2.44 bits per heavy atom. The molecule has 4 heterocycles. The molecule has 170 valence electrons. The highest BCUT2D eigenvalue weighted by atomic mass is 16.2. The fraction of sp³-hybridized carbons (Fsp3) is 0.565. The maximum atomic E-state index is 13.2. The van der Waals surface area contributed by atoms with E-state index >= 15 is 0 Å². The average Bonchev–Trinajstić information content (AvgIpc) is 3.37. The van der Waals surface area contributed by atoms with Crippen molar-refractivity contribution in [3.8, 4) is 0 Å². The number of benzene rings is 1. The van der Waals surface area contributed by atoms with Gasteiger partial charge in [-0.15, -0.1) is 0 Å². The minimum Gasteiger partial charge on any atom is -0.313 e. The molecule has 0 spiro atoms. The number of hydrogen-bond acceptors (Lipinski definition) is 7. The predicted octanol–water partition coefficient (Wildman–Crippen LogP) is -0.0426. The number of imide groups is 2. The van der Waals surface area contributed by atoms with E-state index in [1.807, 2.05) is 6.07 Å². The Bertz CT molecular complexity index is 950. The summed E-state index contributed by atoms with van der Waals surface area (Å²) in [5.74, 6) is -1.83. The monoisotopic (exact) mass is 439 g/mol. The zero-order chi connectivity index (χ0) is 22.2. The second-order valence-electron chi connectivity index (χ2n) is 9.16. The highest BCUT2D eigenvalue weighted by molar-refractivity contribution is 6.24. The van der Waals surface area contributed by atoms with Gasteiger partial charge in [0.1, 0.15) is 6.04 Å². The molecule has 4 amide bonds. The van der Waals surface area contributed by atoms with Crippen molar-refractivity contribution in [2.45, 2.75) is 44.3 Å². The standard InChI is InChI=1S/C23H29N5O4/c29-19-7-6-18(21(30)25-19)28-22(31)17-5-1-3-15(20(17)23(28)32)13-26-9-11-27(12-10-26)14-16-4-2-8-24-16/h1,3,5,16,18,24H,2,4,6-14H2,(H,25,29,30)/t16-,18?/m1/s1. The number of carbonyl (C=O) groups is 4. The summed E-state index contributed by atoms with van der Waals surface area (Å²) in [5.41, 5.74) is 1.57. The number of fused-ring (bicyclic) bond motifs is 1. The highest BCUT2D eigenvalue weighted by Gasteiger charge is 2.45. The van der Waals surface area contributed by atoms with Crippen LogP contribution in [0.5, 0.6) is 0 Å². The number of piperidine rings is 1. The third kappa shape index (κ3) is 3.96. The van der Waals surface area contributed by atoms with Crippen LogP contribution in [-0.2, 0) is 16.1 Å². The maximum Gasteiger partial charge on any atom is 0.262 e. The molecule has 0 bridgehead atoms. The van der Waals surface area contributed by atoms with E-state index in [0.29, 0.717) is 23.7 Å². The van der Waals surface area contributed by atoms with E-state index < -0.39 is 23.8 Å². The largest absolute Gasteiger partial charge is 0.313 e. The van der Waals surface area contributed by atoms with Gasteiger partial charge in [0.25, 0.3) is 11.8 Å². The summed E-state index contributed by atoms with van der Waals surface area (Å²) < 4.78 is 0. The van der Waals surface area contributed by atoms with Crippen molar-refractivity contribution in [3.05, 3.63) is 34.9 Å². The fourth-order valence-corrected chi connectivity index (χ4v) is 5.31. The topological polar surface area (TPSA) is 102 Å². The predicted molar refractivity (Wildman–Crippen MR) is 116 cm³/mol. The molecule has 9 heteroatoms. The SMILES string of the molecule is O=C1CCC(N2C(=O)c3cccc(CN4CCN(C[C@H]5CCCN5)CC4)c3C2=O)C(=O)N1. The minimum atomic E-state index is -0.930. The van der Waals surface area contributed by atoms with Crippen molar-refractivity contribution >= 4 is 23.6 Å². The van der Waals surface area contributed by atoms with E-state index in [9.17, 15) is 19.2 Å². The van der Waals surface area contributed by atoms with E-state index in [4.69, 9.17) is 0 Å². The number of amides is 4. The van der Waals surface area contributed by atoms with Crippen LogP contribution in [0.25, 0.3) is 0 Å². The molecule has 5 rings (SSSR count). The summed E-state index contributed by atoms with van der Waals surface area (Å²) in [6.45, 7) is 6.60. The van der Waals surface area contributed by atoms with Gasteiger partial charge in [0.2, 0.25) is 11.8 Å². The van der Waals surface area contributed by atoms with E-state index in [-0.39, 0.29) is 18.7 Å². The Kier molecular flexibility index (Phi) is 5.79. The van der Waals surface area contributed by atoms with Gasteiger partial charge >= 0.3 is 0 Å². The summed E-state index contributed by atoms with van der Waals surface area (Å²) >= 11 is 0. The van der Waals surface area contributed by atoms with Gasteiger partial charge in [0, 0.05) is 51.7 Å². The van der Waals surface area contributed by atoms with Gasteiger partial charge in [-0.3, -0.25) is 39.2 Å². The van der Waals surface area contributed by atoms with Gasteiger partial charge in [-0.1, -0.05) is 12.1 Å². The van der Waals surface area contributed by atoms with Gasteiger partial charge in [0.05, 0.1) is 11.1 Å². The van der Waals surface area contributed by atoms with Gasteiger partial charge in [-0.05, 0) is 37.4 Å². The lowest BCUT2D eigenvalue weighted by Crippen LogP contribution is -2.54. The van der Waals surface area contributed by atoms with Gasteiger partial charge in [0.15, 0.2) is 0 Å². The summed E-state index contributed by atoms with van der Waals surface area (Å²) in [5, 5.41) is 5.80. The molecule has 3 fully saturated rings.